The molecule has 2 amide bonds. The molecule has 2 aliphatic carbocycles. The first-order valence-corrected chi connectivity index (χ1v) is 9.52. The van der Waals surface area contributed by atoms with Gasteiger partial charge in [-0.05, 0) is 56.2 Å². The molecule has 1 saturated heterocycles. The molecule has 0 radical (unpaired) electrons. The first kappa shape index (κ1) is 17.4. The van der Waals surface area contributed by atoms with E-state index >= 15 is 0 Å². The molecule has 2 saturated carbocycles. The van der Waals surface area contributed by atoms with Gasteiger partial charge in [0, 0.05) is 12.5 Å². The summed E-state index contributed by atoms with van der Waals surface area (Å²) in [7, 11) is 0. The smallest absolute Gasteiger partial charge is 0.230 e. The lowest BCUT2D eigenvalue weighted by atomic mass is 9.67. The molecule has 3 aliphatic rings. The van der Waals surface area contributed by atoms with Crippen LogP contribution in [0.25, 0.3) is 0 Å². The first-order valence-electron chi connectivity index (χ1n) is 9.52. The van der Waals surface area contributed by atoms with Crippen LogP contribution < -0.4 is 10.6 Å². The fourth-order valence-corrected chi connectivity index (χ4v) is 4.97. The van der Waals surface area contributed by atoms with Crippen LogP contribution in [0.4, 0.5) is 8.78 Å². The number of amides is 2. The highest BCUT2D eigenvalue weighted by Gasteiger charge is 2.51. The summed E-state index contributed by atoms with van der Waals surface area (Å²) in [6.07, 6.45) is 6.68. The molecular weight excluding hydrogens is 338 g/mol. The number of rotatable bonds is 3. The van der Waals surface area contributed by atoms with Gasteiger partial charge in [0.25, 0.3) is 0 Å². The van der Waals surface area contributed by atoms with E-state index in [1.54, 1.807) is 0 Å². The fourth-order valence-electron chi connectivity index (χ4n) is 4.97. The molecule has 6 heteroatoms. The number of halogens is 2. The van der Waals surface area contributed by atoms with Gasteiger partial charge in [-0.2, -0.15) is 0 Å². The van der Waals surface area contributed by atoms with Gasteiger partial charge in [-0.3, -0.25) is 9.59 Å². The topological polar surface area (TPSA) is 58.2 Å². The van der Waals surface area contributed by atoms with E-state index in [1.165, 1.54) is 12.1 Å². The molecule has 2 N–H and O–H groups in total. The van der Waals surface area contributed by atoms with E-state index in [2.05, 4.69) is 10.6 Å². The maximum atomic E-state index is 13.8. The van der Waals surface area contributed by atoms with Crippen molar-refractivity contribution >= 4 is 11.8 Å². The van der Waals surface area contributed by atoms with E-state index in [9.17, 15) is 18.4 Å². The number of piperidine rings is 1. The predicted molar refractivity (Wildman–Crippen MR) is 92.4 cm³/mol. The van der Waals surface area contributed by atoms with Crippen LogP contribution in [0, 0.1) is 11.6 Å². The monoisotopic (exact) mass is 362 g/mol. The van der Waals surface area contributed by atoms with Crippen LogP contribution in [-0.4, -0.2) is 23.4 Å². The maximum Gasteiger partial charge on any atom is 0.230 e. The van der Waals surface area contributed by atoms with Gasteiger partial charge in [-0.1, -0.05) is 12.8 Å². The molecule has 1 unspecified atom stereocenters. The van der Waals surface area contributed by atoms with Crippen LogP contribution in [0.2, 0.25) is 0 Å². The number of carbonyl (C=O) groups excluding carboxylic acids is 2. The Kier molecular flexibility index (Phi) is 4.24. The summed E-state index contributed by atoms with van der Waals surface area (Å²) < 4.78 is 27.6. The molecule has 3 fully saturated rings. The molecule has 0 aromatic heterocycles. The van der Waals surface area contributed by atoms with Gasteiger partial charge in [-0.15, -0.1) is 0 Å². The summed E-state index contributed by atoms with van der Waals surface area (Å²) in [6, 6.07) is 3.30. The summed E-state index contributed by atoms with van der Waals surface area (Å²) in [5.74, 6) is -1.43. The second-order valence-electron chi connectivity index (χ2n) is 8.07. The molecule has 4 nitrogen and oxygen atoms in total. The Bertz CT molecular complexity index is 719. The van der Waals surface area contributed by atoms with Gasteiger partial charge < -0.3 is 10.6 Å². The number of carbonyl (C=O) groups is 2. The summed E-state index contributed by atoms with van der Waals surface area (Å²) >= 11 is 0. The van der Waals surface area contributed by atoms with Crippen LogP contribution in [0.3, 0.4) is 0 Å². The maximum absolute atomic E-state index is 13.8. The molecule has 140 valence electrons. The van der Waals surface area contributed by atoms with Gasteiger partial charge in [0.2, 0.25) is 11.8 Å². The van der Waals surface area contributed by atoms with E-state index in [0.29, 0.717) is 31.2 Å². The average Bonchev–Trinajstić information content (AvgIpc) is 3.05. The molecule has 1 spiro atoms. The van der Waals surface area contributed by atoms with E-state index in [1.807, 2.05) is 0 Å². The second-order valence-corrected chi connectivity index (χ2v) is 8.07. The average molecular weight is 362 g/mol. The Morgan fingerprint density at radius 2 is 1.69 bits per heavy atom. The highest BCUT2D eigenvalue weighted by atomic mass is 19.1. The number of hydrogen-bond acceptors (Lipinski definition) is 2. The molecule has 1 heterocycles. The van der Waals surface area contributed by atoms with E-state index in [0.717, 1.165) is 38.2 Å². The molecular formula is C20H24F2N2O2. The van der Waals surface area contributed by atoms with Gasteiger partial charge in [0.1, 0.15) is 11.6 Å². The van der Waals surface area contributed by atoms with Crippen LogP contribution in [-0.2, 0) is 15.0 Å². The molecule has 1 aromatic carbocycles. The number of hydrogen-bond donors (Lipinski definition) is 2. The normalized spacial score (nSPS) is 26.2. The van der Waals surface area contributed by atoms with Gasteiger partial charge >= 0.3 is 0 Å². The van der Waals surface area contributed by atoms with Gasteiger partial charge in [0.15, 0.2) is 0 Å². The van der Waals surface area contributed by atoms with Crippen molar-refractivity contribution in [1.29, 1.82) is 0 Å². The molecule has 4 rings (SSSR count). The van der Waals surface area contributed by atoms with Crippen molar-refractivity contribution in [2.45, 2.75) is 74.8 Å². The largest absolute Gasteiger partial charge is 0.350 e. The van der Waals surface area contributed by atoms with Crippen molar-refractivity contribution in [1.82, 2.24) is 10.6 Å². The van der Waals surface area contributed by atoms with E-state index < -0.39 is 17.0 Å². The predicted octanol–water partition coefficient (Wildman–Crippen LogP) is 3.09. The molecule has 0 bridgehead atoms. The van der Waals surface area contributed by atoms with Crippen LogP contribution in [0.1, 0.15) is 63.4 Å². The van der Waals surface area contributed by atoms with Crippen molar-refractivity contribution in [3.63, 3.8) is 0 Å². The van der Waals surface area contributed by atoms with E-state index in [-0.39, 0.29) is 23.4 Å². The van der Waals surface area contributed by atoms with Crippen molar-refractivity contribution < 1.29 is 18.4 Å². The lowest BCUT2D eigenvalue weighted by Gasteiger charge is -2.51. The van der Waals surface area contributed by atoms with Crippen molar-refractivity contribution in [2.24, 2.45) is 0 Å². The summed E-state index contributed by atoms with van der Waals surface area (Å²) in [5, 5.41) is 6.23. The number of nitrogens with one attached hydrogen (secondary N) is 2. The Balaban J connectivity index is 1.61. The van der Waals surface area contributed by atoms with Crippen LogP contribution in [0.5, 0.6) is 0 Å². The quantitative estimate of drug-likeness (QED) is 0.868. The minimum Gasteiger partial charge on any atom is -0.350 e. The zero-order chi connectivity index (χ0) is 18.4. The molecule has 1 aromatic rings. The second kappa shape index (κ2) is 6.32. The zero-order valence-corrected chi connectivity index (χ0v) is 14.7. The van der Waals surface area contributed by atoms with Gasteiger partial charge in [-0.25, -0.2) is 8.78 Å². The third-order valence-electron chi connectivity index (χ3n) is 6.57. The minimum atomic E-state index is -0.880. The molecule has 1 atom stereocenters. The Morgan fingerprint density at radius 3 is 2.27 bits per heavy atom. The van der Waals surface area contributed by atoms with Crippen molar-refractivity contribution in [2.75, 3.05) is 0 Å². The minimum absolute atomic E-state index is 0.0398. The van der Waals surface area contributed by atoms with Crippen molar-refractivity contribution in [3.8, 4) is 0 Å². The molecule has 26 heavy (non-hydrogen) atoms. The van der Waals surface area contributed by atoms with E-state index in [4.69, 9.17) is 0 Å². The Labute approximate surface area is 151 Å². The summed E-state index contributed by atoms with van der Waals surface area (Å²) in [4.78, 5) is 25.1. The molecule has 1 aliphatic heterocycles. The highest BCUT2D eigenvalue weighted by molar-refractivity contribution is 5.89. The fraction of sp³-hybridized carbons (Fsp3) is 0.600. The van der Waals surface area contributed by atoms with Gasteiger partial charge in [0.05, 0.1) is 17.0 Å². The Morgan fingerprint density at radius 1 is 1.04 bits per heavy atom. The first-order chi connectivity index (χ1) is 12.4. The summed E-state index contributed by atoms with van der Waals surface area (Å²) in [6.45, 7) is 0. The zero-order valence-electron chi connectivity index (χ0n) is 14.7. The highest BCUT2D eigenvalue weighted by Crippen LogP contribution is 2.44. The standard InChI is InChI=1S/C20H24F2N2O2/c21-14-10-13(11-15(22)12-14)19(6-1-2-7-19)18(26)23-16-4-5-17(25)24-20(16)8-3-9-20/h10-12,16H,1-9H2,(H,23,26)(H,24,25). The third-order valence-corrected chi connectivity index (χ3v) is 6.57. The number of benzene rings is 1. The van der Waals surface area contributed by atoms with Crippen LogP contribution >= 0.6 is 0 Å². The Hall–Kier alpha value is -1.98. The summed E-state index contributed by atoms with van der Waals surface area (Å²) in [5.41, 5.74) is -0.791. The lowest BCUT2D eigenvalue weighted by molar-refractivity contribution is -0.134. The lowest BCUT2D eigenvalue weighted by Crippen LogP contribution is -2.69. The third kappa shape index (κ3) is 2.79. The van der Waals surface area contributed by atoms with Crippen molar-refractivity contribution in [3.05, 3.63) is 35.4 Å². The van der Waals surface area contributed by atoms with Crippen LogP contribution in [0.15, 0.2) is 18.2 Å². The SMILES string of the molecule is O=C1CCC(NC(=O)C2(c3cc(F)cc(F)c3)CCCC2)C2(CCC2)N1.